The van der Waals surface area contributed by atoms with Gasteiger partial charge in [0.1, 0.15) is 16.1 Å². The fraction of sp³-hybridized carbons (Fsp3) is 0.500. The summed E-state index contributed by atoms with van der Waals surface area (Å²) < 4.78 is 27.6. The number of alkyl halides is 2. The molecule has 6 heteroatoms. The number of nitrogens with zero attached hydrogens (tertiary/aromatic N) is 3. The quantitative estimate of drug-likeness (QED) is 0.577. The molecular formula is C8H9F2N3S. The van der Waals surface area contributed by atoms with Crippen molar-refractivity contribution in [2.45, 2.75) is 24.3 Å². The van der Waals surface area contributed by atoms with E-state index >= 15 is 0 Å². The third-order valence-electron chi connectivity index (χ3n) is 1.83. The second-order valence-electron chi connectivity index (χ2n) is 2.74. The van der Waals surface area contributed by atoms with Gasteiger partial charge in [-0.1, -0.05) is 6.92 Å². The molecule has 0 N–H and O–H groups in total. The second kappa shape index (κ2) is 3.96. The predicted octanol–water partition coefficient (Wildman–Crippen LogP) is 2.50. The first kappa shape index (κ1) is 11.0. The Kier molecular flexibility index (Phi) is 3.11. The molecule has 0 aromatic carbocycles. The normalized spacial score (nSPS) is 11.4. The molecule has 0 saturated carbocycles. The van der Waals surface area contributed by atoms with Crippen LogP contribution in [0.15, 0.2) is 11.1 Å². The van der Waals surface area contributed by atoms with Crippen LogP contribution in [0.3, 0.4) is 0 Å². The lowest BCUT2D eigenvalue weighted by molar-refractivity contribution is -0.0164. The van der Waals surface area contributed by atoms with Gasteiger partial charge >= 0.3 is 0 Å². The van der Waals surface area contributed by atoms with E-state index in [-0.39, 0.29) is 12.1 Å². The van der Waals surface area contributed by atoms with Crippen molar-refractivity contribution in [1.29, 1.82) is 5.26 Å². The molecule has 0 aliphatic heterocycles. The minimum Gasteiger partial charge on any atom is -0.265 e. The van der Waals surface area contributed by atoms with E-state index < -0.39 is 5.92 Å². The topological polar surface area (TPSA) is 41.6 Å². The zero-order chi connectivity index (χ0) is 10.8. The lowest BCUT2D eigenvalue weighted by Crippen LogP contribution is -2.16. The van der Waals surface area contributed by atoms with E-state index in [0.29, 0.717) is 5.03 Å². The van der Waals surface area contributed by atoms with Crippen molar-refractivity contribution in [3.8, 4) is 5.40 Å². The van der Waals surface area contributed by atoms with E-state index in [1.54, 1.807) is 5.40 Å². The Hall–Kier alpha value is -1.09. The van der Waals surface area contributed by atoms with Crippen LogP contribution in [0.2, 0.25) is 0 Å². The molecule has 0 aliphatic carbocycles. The maximum atomic E-state index is 13.2. The van der Waals surface area contributed by atoms with Gasteiger partial charge in [-0.15, -0.1) is 0 Å². The number of nitriles is 1. The maximum absolute atomic E-state index is 13.2. The van der Waals surface area contributed by atoms with Crippen molar-refractivity contribution in [1.82, 2.24) is 9.78 Å². The van der Waals surface area contributed by atoms with Crippen LogP contribution in [0, 0.1) is 10.7 Å². The maximum Gasteiger partial charge on any atom is 0.289 e. The van der Waals surface area contributed by atoms with Crippen LogP contribution in [0.25, 0.3) is 0 Å². The third kappa shape index (κ3) is 2.04. The summed E-state index contributed by atoms with van der Waals surface area (Å²) in [7, 11) is 1.44. The van der Waals surface area contributed by atoms with Gasteiger partial charge in [-0.2, -0.15) is 19.1 Å². The number of hydrogen-bond donors (Lipinski definition) is 0. The molecule has 1 rings (SSSR count). The molecule has 0 fully saturated rings. The summed E-state index contributed by atoms with van der Waals surface area (Å²) >= 11 is 0.777. The minimum atomic E-state index is -2.88. The molecule has 0 aliphatic rings. The van der Waals surface area contributed by atoms with Crippen LogP contribution < -0.4 is 0 Å². The minimum absolute atomic E-state index is 0.155. The lowest BCUT2D eigenvalue weighted by atomic mass is 10.2. The highest BCUT2D eigenvalue weighted by atomic mass is 32.2. The molecule has 14 heavy (non-hydrogen) atoms. The highest BCUT2D eigenvalue weighted by molar-refractivity contribution is 8.03. The van der Waals surface area contributed by atoms with Crippen molar-refractivity contribution in [3.05, 3.63) is 11.8 Å². The molecule has 1 heterocycles. The van der Waals surface area contributed by atoms with Crippen molar-refractivity contribution in [2.75, 3.05) is 0 Å². The lowest BCUT2D eigenvalue weighted by Gasteiger charge is -2.13. The molecule has 76 valence electrons. The SMILES string of the molecule is CCC(F)(F)c1cc(SC#N)nn1C. The molecule has 0 amide bonds. The van der Waals surface area contributed by atoms with Crippen LogP contribution >= 0.6 is 11.8 Å². The van der Waals surface area contributed by atoms with Crippen LogP contribution in [0.5, 0.6) is 0 Å². The predicted molar refractivity (Wildman–Crippen MR) is 48.9 cm³/mol. The highest BCUT2D eigenvalue weighted by Crippen LogP contribution is 2.32. The van der Waals surface area contributed by atoms with Crippen LogP contribution in [-0.2, 0) is 13.0 Å². The number of halogens is 2. The number of thiocyanates is 1. The van der Waals surface area contributed by atoms with Crippen molar-refractivity contribution < 1.29 is 8.78 Å². The Bertz CT molecular complexity index is 367. The number of thioether (sulfide) groups is 1. The van der Waals surface area contributed by atoms with Gasteiger partial charge in [-0.3, -0.25) is 4.68 Å². The number of rotatable bonds is 3. The Morgan fingerprint density at radius 1 is 1.71 bits per heavy atom. The van der Waals surface area contributed by atoms with Gasteiger partial charge in [-0.25, -0.2) is 0 Å². The summed E-state index contributed by atoms with van der Waals surface area (Å²) in [5.74, 6) is -2.88. The van der Waals surface area contributed by atoms with Gasteiger partial charge in [-0.05, 0) is 0 Å². The van der Waals surface area contributed by atoms with Crippen LogP contribution in [0.4, 0.5) is 8.78 Å². The smallest absolute Gasteiger partial charge is 0.265 e. The second-order valence-corrected chi connectivity index (χ2v) is 3.55. The fourth-order valence-corrected chi connectivity index (χ4v) is 1.49. The number of aromatic nitrogens is 2. The summed E-state index contributed by atoms with van der Waals surface area (Å²) in [6.07, 6.45) is -0.275. The van der Waals surface area contributed by atoms with Gasteiger partial charge in [0.2, 0.25) is 0 Å². The Labute approximate surface area is 84.7 Å². The molecule has 0 saturated heterocycles. The molecule has 1 aromatic heterocycles. The van der Waals surface area contributed by atoms with Crippen LogP contribution in [-0.4, -0.2) is 9.78 Å². The van der Waals surface area contributed by atoms with Gasteiger partial charge < -0.3 is 0 Å². The molecule has 1 aromatic rings. The molecule has 3 nitrogen and oxygen atoms in total. The van der Waals surface area contributed by atoms with Crippen molar-refractivity contribution in [2.24, 2.45) is 7.05 Å². The Balaban J connectivity index is 3.05. The fourth-order valence-electron chi connectivity index (χ4n) is 1.06. The molecule has 0 unspecified atom stereocenters. The molecule has 0 atom stereocenters. The van der Waals surface area contributed by atoms with Gasteiger partial charge in [0, 0.05) is 31.3 Å². The molecular weight excluding hydrogens is 208 g/mol. The summed E-state index contributed by atoms with van der Waals surface area (Å²) in [6, 6.07) is 1.25. The third-order valence-corrected chi connectivity index (χ3v) is 2.33. The zero-order valence-corrected chi connectivity index (χ0v) is 8.61. The first-order chi connectivity index (χ1) is 6.51. The first-order valence-corrected chi connectivity index (χ1v) is 4.81. The van der Waals surface area contributed by atoms with Gasteiger partial charge in [0.15, 0.2) is 0 Å². The summed E-state index contributed by atoms with van der Waals surface area (Å²) in [4.78, 5) is 0. The van der Waals surface area contributed by atoms with Crippen LogP contribution in [0.1, 0.15) is 19.0 Å². The molecule has 0 spiro atoms. The average Bonchev–Trinajstić information content (AvgIpc) is 2.48. The zero-order valence-electron chi connectivity index (χ0n) is 7.79. The Morgan fingerprint density at radius 3 is 2.86 bits per heavy atom. The van der Waals surface area contributed by atoms with E-state index in [9.17, 15) is 8.78 Å². The number of aryl methyl sites for hydroxylation is 1. The standard InChI is InChI=1S/C8H9F2N3S/c1-3-8(9,10)6-4-7(14-5-11)12-13(6)2/h4H,3H2,1-2H3. The summed E-state index contributed by atoms with van der Waals surface area (Å²) in [6.45, 7) is 1.41. The summed E-state index contributed by atoms with van der Waals surface area (Å²) in [5.41, 5.74) is -0.155. The average molecular weight is 217 g/mol. The van der Waals surface area contributed by atoms with Crippen molar-refractivity contribution >= 4 is 11.8 Å². The highest BCUT2D eigenvalue weighted by Gasteiger charge is 2.33. The molecule has 0 radical (unpaired) electrons. The molecule has 0 bridgehead atoms. The van der Waals surface area contributed by atoms with E-state index in [2.05, 4.69) is 5.10 Å². The van der Waals surface area contributed by atoms with Gasteiger partial charge in [0.05, 0.1) is 0 Å². The van der Waals surface area contributed by atoms with E-state index in [0.717, 1.165) is 16.4 Å². The monoisotopic (exact) mass is 217 g/mol. The first-order valence-electron chi connectivity index (χ1n) is 3.99. The Morgan fingerprint density at radius 2 is 2.36 bits per heavy atom. The number of hydrogen-bond acceptors (Lipinski definition) is 3. The van der Waals surface area contributed by atoms with Crippen molar-refractivity contribution in [3.63, 3.8) is 0 Å². The van der Waals surface area contributed by atoms with Gasteiger partial charge in [0.25, 0.3) is 5.92 Å². The summed E-state index contributed by atoms with van der Waals surface area (Å²) in [5, 5.41) is 14.2. The van der Waals surface area contributed by atoms with E-state index in [1.807, 2.05) is 0 Å². The largest absolute Gasteiger partial charge is 0.289 e. The van der Waals surface area contributed by atoms with E-state index in [4.69, 9.17) is 5.26 Å². The van der Waals surface area contributed by atoms with E-state index in [1.165, 1.54) is 20.0 Å².